The third-order valence-corrected chi connectivity index (χ3v) is 6.57. The van der Waals surface area contributed by atoms with E-state index in [0.717, 1.165) is 31.4 Å². The number of methoxy groups -OCH3 is 1. The molecular weight excluding hydrogens is 435 g/mol. The van der Waals surface area contributed by atoms with Crippen LogP contribution in [0.2, 0.25) is 0 Å². The van der Waals surface area contributed by atoms with E-state index in [2.05, 4.69) is 33.0 Å². The number of hydrogen-bond donors (Lipinski definition) is 1. The van der Waals surface area contributed by atoms with Crippen LogP contribution in [0, 0.1) is 0 Å². The molecule has 5 rings (SSSR count). The smallest absolute Gasteiger partial charge is 0.453 e. The molecule has 0 bridgehead atoms. The Bertz CT molecular complexity index is 1120. The fraction of sp³-hybridized carbons (Fsp3) is 0.435. The summed E-state index contributed by atoms with van der Waals surface area (Å²) in [6.45, 7) is 1.36. The molecule has 2 aliphatic rings. The average molecular weight is 459 g/mol. The molecule has 0 radical (unpaired) electrons. The summed E-state index contributed by atoms with van der Waals surface area (Å²) < 4.78 is 52.8. The first-order valence-corrected chi connectivity index (χ1v) is 10.9. The van der Waals surface area contributed by atoms with Crippen LogP contribution < -0.4 is 10.1 Å². The molecule has 1 aromatic heterocycles. The highest BCUT2D eigenvalue weighted by molar-refractivity contribution is 5.47. The number of hydrogen-bond acceptors (Lipinski definition) is 6. The van der Waals surface area contributed by atoms with Crippen molar-refractivity contribution in [3.63, 3.8) is 0 Å². The van der Waals surface area contributed by atoms with Gasteiger partial charge in [0.05, 0.1) is 31.0 Å². The SMILES string of the molecule is COc1ccc(-n2nnnc2C(F)(F)F)cc1C1COC2(CCCNC2c2ccccc2)C1. The van der Waals surface area contributed by atoms with Crippen molar-refractivity contribution in [1.29, 1.82) is 0 Å². The van der Waals surface area contributed by atoms with Crippen molar-refractivity contribution in [2.75, 3.05) is 20.3 Å². The number of nitrogens with zero attached hydrogens (tertiary/aromatic N) is 4. The highest BCUT2D eigenvalue weighted by Gasteiger charge is 2.49. The van der Waals surface area contributed by atoms with Crippen molar-refractivity contribution in [2.45, 2.75) is 43.0 Å². The molecule has 3 unspecified atom stereocenters. The third-order valence-electron chi connectivity index (χ3n) is 6.57. The Morgan fingerprint density at radius 1 is 1.18 bits per heavy atom. The predicted molar refractivity (Wildman–Crippen MR) is 113 cm³/mol. The summed E-state index contributed by atoms with van der Waals surface area (Å²) >= 11 is 0. The van der Waals surface area contributed by atoms with E-state index < -0.39 is 17.6 Å². The van der Waals surface area contributed by atoms with Gasteiger partial charge in [-0.25, -0.2) is 0 Å². The molecule has 3 aromatic rings. The van der Waals surface area contributed by atoms with E-state index in [1.54, 1.807) is 19.2 Å². The fourth-order valence-corrected chi connectivity index (χ4v) is 5.12. The van der Waals surface area contributed by atoms with Gasteiger partial charge in [-0.15, -0.1) is 5.10 Å². The molecule has 3 heterocycles. The molecular formula is C23H24F3N5O2. The second kappa shape index (κ2) is 8.42. The summed E-state index contributed by atoms with van der Waals surface area (Å²) in [6.07, 6.45) is -2.04. The Balaban J connectivity index is 1.49. The molecule has 174 valence electrons. The van der Waals surface area contributed by atoms with Crippen LogP contribution in [-0.2, 0) is 10.9 Å². The molecule has 7 nitrogen and oxygen atoms in total. The molecule has 2 aromatic carbocycles. The van der Waals surface area contributed by atoms with Crippen LogP contribution in [-0.4, -0.2) is 46.1 Å². The Morgan fingerprint density at radius 2 is 2.00 bits per heavy atom. The molecule has 0 amide bonds. The van der Waals surface area contributed by atoms with Gasteiger partial charge in [0, 0.05) is 11.5 Å². The van der Waals surface area contributed by atoms with Gasteiger partial charge < -0.3 is 14.8 Å². The van der Waals surface area contributed by atoms with E-state index in [9.17, 15) is 13.2 Å². The van der Waals surface area contributed by atoms with Crippen LogP contribution in [0.25, 0.3) is 5.69 Å². The zero-order valence-corrected chi connectivity index (χ0v) is 18.0. The van der Waals surface area contributed by atoms with Gasteiger partial charge in [-0.1, -0.05) is 30.3 Å². The minimum Gasteiger partial charge on any atom is -0.496 e. The number of tetrazole rings is 1. The van der Waals surface area contributed by atoms with Gasteiger partial charge in [0.25, 0.3) is 5.82 Å². The normalized spacial score (nSPS) is 25.5. The molecule has 1 N–H and O–H groups in total. The maximum Gasteiger partial charge on any atom is 0.453 e. The zero-order chi connectivity index (χ0) is 23.1. The molecule has 2 aliphatic heterocycles. The number of alkyl halides is 3. The fourth-order valence-electron chi connectivity index (χ4n) is 5.12. The second-order valence-electron chi connectivity index (χ2n) is 8.52. The van der Waals surface area contributed by atoms with Crippen molar-refractivity contribution in [3.8, 4) is 11.4 Å². The largest absolute Gasteiger partial charge is 0.496 e. The number of rotatable bonds is 4. The molecule has 0 saturated carbocycles. The molecule has 33 heavy (non-hydrogen) atoms. The Morgan fingerprint density at radius 3 is 2.76 bits per heavy atom. The van der Waals surface area contributed by atoms with Crippen molar-refractivity contribution in [1.82, 2.24) is 25.5 Å². The van der Waals surface area contributed by atoms with E-state index in [1.165, 1.54) is 11.6 Å². The van der Waals surface area contributed by atoms with Crippen molar-refractivity contribution < 1.29 is 22.6 Å². The summed E-state index contributed by atoms with van der Waals surface area (Å²) in [5.74, 6) is -0.610. The average Bonchev–Trinajstić information content (AvgIpc) is 3.48. The maximum absolute atomic E-state index is 13.3. The van der Waals surface area contributed by atoms with Crippen molar-refractivity contribution in [3.05, 3.63) is 65.5 Å². The molecule has 1 spiro atoms. The van der Waals surface area contributed by atoms with Crippen LogP contribution in [0.4, 0.5) is 13.2 Å². The van der Waals surface area contributed by atoms with Gasteiger partial charge in [-0.2, -0.15) is 17.9 Å². The number of ether oxygens (including phenoxy) is 2. The van der Waals surface area contributed by atoms with Crippen LogP contribution in [0.15, 0.2) is 48.5 Å². The number of nitrogens with one attached hydrogen (secondary N) is 1. The lowest BCUT2D eigenvalue weighted by molar-refractivity contribution is -0.146. The second-order valence-corrected chi connectivity index (χ2v) is 8.52. The first kappa shape index (κ1) is 21.8. The minimum atomic E-state index is -4.67. The van der Waals surface area contributed by atoms with Crippen LogP contribution in [0.1, 0.15) is 48.2 Å². The first-order valence-electron chi connectivity index (χ1n) is 10.9. The summed E-state index contributed by atoms with van der Waals surface area (Å²) in [5.41, 5.74) is 1.79. The van der Waals surface area contributed by atoms with Gasteiger partial charge in [0.15, 0.2) is 0 Å². The quantitative estimate of drug-likeness (QED) is 0.635. The monoisotopic (exact) mass is 459 g/mol. The van der Waals surface area contributed by atoms with Gasteiger partial charge >= 0.3 is 6.18 Å². The van der Waals surface area contributed by atoms with E-state index in [-0.39, 0.29) is 17.6 Å². The van der Waals surface area contributed by atoms with Crippen LogP contribution in [0.5, 0.6) is 5.75 Å². The van der Waals surface area contributed by atoms with Gasteiger partial charge in [-0.3, -0.25) is 0 Å². The third kappa shape index (κ3) is 3.97. The van der Waals surface area contributed by atoms with E-state index >= 15 is 0 Å². The molecule has 10 heteroatoms. The maximum atomic E-state index is 13.3. The van der Waals surface area contributed by atoms with Crippen LogP contribution in [0.3, 0.4) is 0 Å². The Hall–Kier alpha value is -2.98. The standard InChI is InChI=1S/C23H24F3N5O2/c1-32-19-9-8-17(31-21(23(24,25)26)28-29-30-31)12-18(19)16-13-22(33-14-16)10-5-11-27-20(22)15-6-3-2-4-7-15/h2-4,6-9,12,16,20,27H,5,10-11,13-14H2,1H3. The summed E-state index contributed by atoms with van der Waals surface area (Å²) in [7, 11) is 1.55. The summed E-state index contributed by atoms with van der Waals surface area (Å²) in [5, 5.41) is 13.6. The topological polar surface area (TPSA) is 74.1 Å². The predicted octanol–water partition coefficient (Wildman–Crippen LogP) is 4.06. The van der Waals surface area contributed by atoms with Gasteiger partial charge in [0.1, 0.15) is 5.75 Å². The number of piperidine rings is 1. The van der Waals surface area contributed by atoms with E-state index in [0.29, 0.717) is 17.0 Å². The number of halogens is 3. The summed E-state index contributed by atoms with van der Waals surface area (Å²) in [6, 6.07) is 15.1. The first-order chi connectivity index (χ1) is 15.9. The lowest BCUT2D eigenvalue weighted by atomic mass is 9.77. The zero-order valence-electron chi connectivity index (χ0n) is 18.0. The lowest BCUT2D eigenvalue weighted by Crippen LogP contribution is -2.48. The van der Waals surface area contributed by atoms with Crippen LogP contribution >= 0.6 is 0 Å². The van der Waals surface area contributed by atoms with Crippen molar-refractivity contribution >= 4 is 0 Å². The number of benzene rings is 2. The Labute approximate surface area is 188 Å². The highest BCUT2D eigenvalue weighted by Crippen LogP contribution is 2.49. The van der Waals surface area contributed by atoms with Gasteiger partial charge in [-0.05, 0) is 60.0 Å². The van der Waals surface area contributed by atoms with Crippen molar-refractivity contribution in [2.24, 2.45) is 0 Å². The lowest BCUT2D eigenvalue weighted by Gasteiger charge is -2.41. The molecule has 0 aliphatic carbocycles. The minimum absolute atomic E-state index is 0.0444. The van der Waals surface area contributed by atoms with Gasteiger partial charge in [0.2, 0.25) is 0 Å². The highest BCUT2D eigenvalue weighted by atomic mass is 19.4. The summed E-state index contributed by atoms with van der Waals surface area (Å²) in [4.78, 5) is 0. The molecule has 3 atom stereocenters. The molecule has 2 fully saturated rings. The number of aromatic nitrogens is 4. The molecule has 2 saturated heterocycles. The van der Waals surface area contributed by atoms with E-state index in [1.807, 2.05) is 18.2 Å². The Kier molecular flexibility index (Phi) is 5.57. The van der Waals surface area contributed by atoms with E-state index in [4.69, 9.17) is 9.47 Å².